The Bertz CT molecular complexity index is 1050. The monoisotopic (exact) mass is 360 g/mol. The number of hydrogen-bond acceptors (Lipinski definition) is 3. The van der Waals surface area contributed by atoms with Crippen LogP contribution < -0.4 is 10.6 Å². The van der Waals surface area contributed by atoms with Crippen molar-refractivity contribution in [2.24, 2.45) is 0 Å². The predicted molar refractivity (Wildman–Crippen MR) is 105 cm³/mol. The summed E-state index contributed by atoms with van der Waals surface area (Å²) in [6, 6.07) is 17.2. The van der Waals surface area contributed by atoms with Crippen LogP contribution in [0.5, 0.6) is 0 Å². The summed E-state index contributed by atoms with van der Waals surface area (Å²) >= 11 is 0. The first kappa shape index (κ1) is 17.1. The van der Waals surface area contributed by atoms with E-state index in [1.54, 1.807) is 13.8 Å². The molecule has 1 aliphatic rings. The first-order valence-electron chi connectivity index (χ1n) is 8.96. The maximum atomic E-state index is 12.7. The van der Waals surface area contributed by atoms with Crippen molar-refractivity contribution in [3.05, 3.63) is 71.4 Å². The number of carbonyl (C=O) groups excluding carboxylic acids is 2. The van der Waals surface area contributed by atoms with Crippen molar-refractivity contribution in [1.82, 2.24) is 10.6 Å². The van der Waals surface area contributed by atoms with E-state index in [0.29, 0.717) is 11.3 Å². The average Bonchev–Trinajstić information content (AvgIpc) is 2.65. The zero-order valence-corrected chi connectivity index (χ0v) is 15.2. The molecular weight excluding hydrogens is 340 g/mol. The van der Waals surface area contributed by atoms with Gasteiger partial charge in [-0.05, 0) is 47.0 Å². The Morgan fingerprint density at radius 2 is 1.63 bits per heavy atom. The van der Waals surface area contributed by atoms with Gasteiger partial charge in [-0.1, -0.05) is 48.5 Å². The molecule has 0 aliphatic carbocycles. The quantitative estimate of drug-likeness (QED) is 0.544. The zero-order valence-electron chi connectivity index (χ0n) is 15.2. The van der Waals surface area contributed by atoms with Crippen LogP contribution in [0, 0.1) is 0 Å². The van der Waals surface area contributed by atoms with E-state index in [4.69, 9.17) is 4.74 Å². The number of hydrogen-bond donors (Lipinski definition) is 2. The van der Waals surface area contributed by atoms with Crippen molar-refractivity contribution in [2.45, 2.75) is 19.9 Å². The van der Waals surface area contributed by atoms with Crippen LogP contribution in [-0.2, 0) is 9.53 Å². The fraction of sp³-hybridized carbons (Fsp3) is 0.182. The molecule has 3 aromatic carbocycles. The SMILES string of the molecule is CCOC(=O)C1=C(C)NC(=O)N[C@@H]1c1c2ccccc2cc2ccccc12. The van der Waals surface area contributed by atoms with Crippen LogP contribution in [0.25, 0.3) is 21.5 Å². The fourth-order valence-electron chi connectivity index (χ4n) is 3.75. The molecule has 5 nitrogen and oxygen atoms in total. The van der Waals surface area contributed by atoms with Crippen LogP contribution >= 0.6 is 0 Å². The molecule has 4 rings (SSSR count). The molecule has 0 saturated heterocycles. The van der Waals surface area contributed by atoms with E-state index in [9.17, 15) is 9.59 Å². The molecule has 0 aromatic heterocycles. The third-order valence-electron chi connectivity index (χ3n) is 4.87. The number of esters is 1. The number of benzene rings is 3. The number of carbonyl (C=O) groups is 2. The zero-order chi connectivity index (χ0) is 19.0. The van der Waals surface area contributed by atoms with Crippen LogP contribution in [0.4, 0.5) is 4.79 Å². The predicted octanol–water partition coefficient (Wildman–Crippen LogP) is 4.18. The van der Waals surface area contributed by atoms with Crippen LogP contribution in [0.2, 0.25) is 0 Å². The van der Waals surface area contributed by atoms with Gasteiger partial charge in [-0.3, -0.25) is 0 Å². The third-order valence-corrected chi connectivity index (χ3v) is 4.87. The summed E-state index contributed by atoms with van der Waals surface area (Å²) in [6.07, 6.45) is 0. The van der Waals surface area contributed by atoms with Gasteiger partial charge in [-0.25, -0.2) is 9.59 Å². The van der Waals surface area contributed by atoms with Crippen LogP contribution in [0.1, 0.15) is 25.5 Å². The van der Waals surface area contributed by atoms with Crippen LogP contribution in [0.3, 0.4) is 0 Å². The van der Waals surface area contributed by atoms with Gasteiger partial charge in [0.25, 0.3) is 0 Å². The second-order valence-electron chi connectivity index (χ2n) is 6.52. The van der Waals surface area contributed by atoms with E-state index < -0.39 is 12.0 Å². The number of rotatable bonds is 3. The highest BCUT2D eigenvalue weighted by Crippen LogP contribution is 2.37. The largest absolute Gasteiger partial charge is 0.463 e. The van der Waals surface area contributed by atoms with Crippen molar-refractivity contribution >= 4 is 33.5 Å². The molecule has 0 bridgehead atoms. The number of nitrogens with one attached hydrogen (secondary N) is 2. The van der Waals surface area contributed by atoms with E-state index in [1.807, 2.05) is 48.5 Å². The third kappa shape index (κ3) is 2.91. The number of amides is 2. The molecule has 0 unspecified atom stereocenters. The standard InChI is InChI=1S/C22H20N2O3/c1-3-27-21(25)18-13(2)23-22(26)24-20(18)19-16-10-6-4-8-14(16)12-15-9-5-7-11-17(15)19/h4-12,20H,3H2,1-2H3,(H2,23,24,26)/t20-/m0/s1. The smallest absolute Gasteiger partial charge is 0.338 e. The lowest BCUT2D eigenvalue weighted by atomic mass is 9.87. The van der Waals surface area contributed by atoms with E-state index in [0.717, 1.165) is 27.1 Å². The number of fused-ring (bicyclic) bond motifs is 2. The first-order valence-corrected chi connectivity index (χ1v) is 8.96. The van der Waals surface area contributed by atoms with Gasteiger partial charge in [0.2, 0.25) is 0 Å². The Balaban J connectivity index is 2.05. The van der Waals surface area contributed by atoms with Gasteiger partial charge in [0.1, 0.15) is 0 Å². The van der Waals surface area contributed by atoms with E-state index >= 15 is 0 Å². The summed E-state index contributed by atoms with van der Waals surface area (Å²) in [5.74, 6) is -0.426. The Hall–Kier alpha value is -3.34. The number of allylic oxidation sites excluding steroid dienone is 1. The maximum Gasteiger partial charge on any atom is 0.338 e. The number of urea groups is 1. The van der Waals surface area contributed by atoms with Gasteiger partial charge in [0.05, 0.1) is 18.2 Å². The molecule has 0 spiro atoms. The van der Waals surface area contributed by atoms with Gasteiger partial charge in [-0.15, -0.1) is 0 Å². The summed E-state index contributed by atoms with van der Waals surface area (Å²) in [5.41, 5.74) is 1.85. The average molecular weight is 360 g/mol. The van der Waals surface area contributed by atoms with Gasteiger partial charge in [0.15, 0.2) is 0 Å². The summed E-state index contributed by atoms with van der Waals surface area (Å²) in [7, 11) is 0. The minimum Gasteiger partial charge on any atom is -0.463 e. The molecular formula is C22H20N2O3. The lowest BCUT2D eigenvalue weighted by Gasteiger charge is -2.29. The number of ether oxygens (including phenoxy) is 1. The van der Waals surface area contributed by atoms with Crippen LogP contribution in [0.15, 0.2) is 65.9 Å². The Labute approximate surface area is 157 Å². The maximum absolute atomic E-state index is 12.7. The van der Waals surface area contributed by atoms with Crippen molar-refractivity contribution in [3.8, 4) is 0 Å². The topological polar surface area (TPSA) is 67.4 Å². The van der Waals surface area contributed by atoms with E-state index in [-0.39, 0.29) is 12.6 Å². The van der Waals surface area contributed by atoms with Crippen molar-refractivity contribution in [1.29, 1.82) is 0 Å². The molecule has 1 heterocycles. The molecule has 0 saturated carbocycles. The van der Waals surface area contributed by atoms with Crippen molar-refractivity contribution in [2.75, 3.05) is 6.61 Å². The molecule has 1 aliphatic heterocycles. The lowest BCUT2D eigenvalue weighted by Crippen LogP contribution is -2.45. The second-order valence-corrected chi connectivity index (χ2v) is 6.52. The molecule has 0 radical (unpaired) electrons. The summed E-state index contributed by atoms with van der Waals surface area (Å²) in [6.45, 7) is 3.77. The Kier molecular flexibility index (Phi) is 4.28. The second kappa shape index (κ2) is 6.76. The normalized spacial score (nSPS) is 17.0. The van der Waals surface area contributed by atoms with Crippen LogP contribution in [-0.4, -0.2) is 18.6 Å². The van der Waals surface area contributed by atoms with Crippen molar-refractivity contribution in [3.63, 3.8) is 0 Å². The Morgan fingerprint density at radius 3 is 2.22 bits per heavy atom. The van der Waals surface area contributed by atoms with Gasteiger partial charge in [0, 0.05) is 5.70 Å². The summed E-state index contributed by atoms with van der Waals surface area (Å²) in [5, 5.41) is 9.73. The lowest BCUT2D eigenvalue weighted by molar-refractivity contribution is -0.139. The minimum atomic E-state index is -0.589. The molecule has 2 N–H and O–H groups in total. The molecule has 2 amide bonds. The highest BCUT2D eigenvalue weighted by Gasteiger charge is 2.34. The van der Waals surface area contributed by atoms with E-state index in [1.165, 1.54) is 0 Å². The summed E-state index contributed by atoms with van der Waals surface area (Å²) in [4.78, 5) is 24.9. The minimum absolute atomic E-state index is 0.270. The highest BCUT2D eigenvalue weighted by atomic mass is 16.5. The molecule has 1 atom stereocenters. The molecule has 136 valence electrons. The molecule has 0 fully saturated rings. The Morgan fingerprint density at radius 1 is 1.04 bits per heavy atom. The highest BCUT2D eigenvalue weighted by molar-refractivity contribution is 6.05. The van der Waals surface area contributed by atoms with E-state index in [2.05, 4.69) is 16.7 Å². The summed E-state index contributed by atoms with van der Waals surface area (Å²) < 4.78 is 5.27. The molecule has 5 heteroatoms. The van der Waals surface area contributed by atoms with Gasteiger partial charge in [-0.2, -0.15) is 0 Å². The molecule has 3 aromatic rings. The van der Waals surface area contributed by atoms with Gasteiger partial charge < -0.3 is 15.4 Å². The van der Waals surface area contributed by atoms with Gasteiger partial charge >= 0.3 is 12.0 Å². The van der Waals surface area contributed by atoms with Crippen molar-refractivity contribution < 1.29 is 14.3 Å². The first-order chi connectivity index (χ1) is 13.1. The fourth-order valence-corrected chi connectivity index (χ4v) is 3.75. The molecule has 27 heavy (non-hydrogen) atoms.